The SMILES string of the molecule is CCOc1c(C(=O)NCc2ncn[nH]2)cccc1[N+](=O)[O-]. The van der Waals surface area contributed by atoms with Crippen LogP contribution in [-0.4, -0.2) is 32.6 Å². The first kappa shape index (κ1) is 14.4. The Labute approximate surface area is 119 Å². The molecule has 9 heteroatoms. The van der Waals surface area contributed by atoms with E-state index in [0.29, 0.717) is 5.82 Å². The normalized spacial score (nSPS) is 10.1. The van der Waals surface area contributed by atoms with Gasteiger partial charge in [0.15, 0.2) is 0 Å². The fraction of sp³-hybridized carbons (Fsp3) is 0.250. The molecule has 0 unspecified atom stereocenters. The molecule has 21 heavy (non-hydrogen) atoms. The van der Waals surface area contributed by atoms with Crippen LogP contribution in [0.2, 0.25) is 0 Å². The summed E-state index contributed by atoms with van der Waals surface area (Å²) in [5, 5.41) is 19.8. The van der Waals surface area contributed by atoms with Crippen LogP contribution in [0.1, 0.15) is 23.1 Å². The van der Waals surface area contributed by atoms with Gasteiger partial charge in [-0.2, -0.15) is 5.10 Å². The van der Waals surface area contributed by atoms with Crippen molar-refractivity contribution < 1.29 is 14.5 Å². The number of benzene rings is 1. The number of rotatable bonds is 6. The van der Waals surface area contributed by atoms with Crippen LogP contribution in [-0.2, 0) is 6.54 Å². The Bertz CT molecular complexity index is 641. The van der Waals surface area contributed by atoms with Gasteiger partial charge in [0.2, 0.25) is 5.75 Å². The van der Waals surface area contributed by atoms with E-state index in [9.17, 15) is 14.9 Å². The van der Waals surface area contributed by atoms with Crippen molar-refractivity contribution in [2.24, 2.45) is 0 Å². The maximum Gasteiger partial charge on any atom is 0.311 e. The highest BCUT2D eigenvalue weighted by molar-refractivity contribution is 5.98. The average Bonchev–Trinajstić information content (AvgIpc) is 2.98. The zero-order valence-electron chi connectivity index (χ0n) is 11.2. The third-order valence-corrected chi connectivity index (χ3v) is 2.61. The Morgan fingerprint density at radius 3 is 2.95 bits per heavy atom. The molecule has 0 radical (unpaired) electrons. The van der Waals surface area contributed by atoms with Gasteiger partial charge in [0.25, 0.3) is 5.91 Å². The van der Waals surface area contributed by atoms with Crippen LogP contribution < -0.4 is 10.1 Å². The molecule has 110 valence electrons. The molecule has 1 heterocycles. The fourth-order valence-corrected chi connectivity index (χ4v) is 1.72. The molecule has 0 aliphatic rings. The Balaban J connectivity index is 2.23. The number of nitrogens with one attached hydrogen (secondary N) is 2. The highest BCUT2D eigenvalue weighted by atomic mass is 16.6. The molecule has 1 aromatic carbocycles. The lowest BCUT2D eigenvalue weighted by Gasteiger charge is -2.10. The van der Waals surface area contributed by atoms with E-state index in [4.69, 9.17) is 4.74 Å². The molecule has 2 N–H and O–H groups in total. The molecule has 0 saturated heterocycles. The lowest BCUT2D eigenvalue weighted by Crippen LogP contribution is -2.24. The second-order valence-corrected chi connectivity index (χ2v) is 3.96. The fourth-order valence-electron chi connectivity index (χ4n) is 1.72. The Kier molecular flexibility index (Phi) is 4.44. The molecule has 0 atom stereocenters. The molecule has 2 aromatic rings. The molecule has 9 nitrogen and oxygen atoms in total. The Hall–Kier alpha value is -2.97. The second-order valence-electron chi connectivity index (χ2n) is 3.96. The number of aromatic nitrogens is 3. The largest absolute Gasteiger partial charge is 0.487 e. The number of amides is 1. The summed E-state index contributed by atoms with van der Waals surface area (Å²) in [6.07, 6.45) is 1.32. The Morgan fingerprint density at radius 1 is 1.52 bits per heavy atom. The predicted octanol–water partition coefficient (Wildman–Crippen LogP) is 1.04. The van der Waals surface area contributed by atoms with Gasteiger partial charge in [-0.1, -0.05) is 6.07 Å². The van der Waals surface area contributed by atoms with E-state index in [1.807, 2.05) is 0 Å². The van der Waals surface area contributed by atoms with Gasteiger partial charge in [-0.25, -0.2) is 4.98 Å². The van der Waals surface area contributed by atoms with Crippen molar-refractivity contribution in [1.82, 2.24) is 20.5 Å². The van der Waals surface area contributed by atoms with E-state index in [1.54, 1.807) is 6.92 Å². The number of nitrogens with zero attached hydrogens (tertiary/aromatic N) is 3. The van der Waals surface area contributed by atoms with E-state index in [0.717, 1.165) is 0 Å². The number of nitro benzene ring substituents is 1. The summed E-state index contributed by atoms with van der Waals surface area (Å²) >= 11 is 0. The van der Waals surface area contributed by atoms with E-state index in [2.05, 4.69) is 20.5 Å². The first-order valence-electron chi connectivity index (χ1n) is 6.16. The molecule has 0 fully saturated rings. The maximum atomic E-state index is 12.1. The lowest BCUT2D eigenvalue weighted by molar-refractivity contribution is -0.385. The minimum absolute atomic E-state index is 0.0416. The number of nitro groups is 1. The molecular formula is C12H13N5O4. The first-order valence-corrected chi connectivity index (χ1v) is 6.16. The van der Waals surface area contributed by atoms with E-state index < -0.39 is 10.8 Å². The number of hydrogen-bond donors (Lipinski definition) is 2. The van der Waals surface area contributed by atoms with Crippen molar-refractivity contribution in [3.63, 3.8) is 0 Å². The molecule has 0 aliphatic carbocycles. The third-order valence-electron chi connectivity index (χ3n) is 2.61. The van der Waals surface area contributed by atoms with Crippen LogP contribution in [0.5, 0.6) is 5.75 Å². The summed E-state index contributed by atoms with van der Waals surface area (Å²) in [5.41, 5.74) is -0.144. The maximum absolute atomic E-state index is 12.1. The topological polar surface area (TPSA) is 123 Å². The van der Waals surface area contributed by atoms with Crippen molar-refractivity contribution in [2.45, 2.75) is 13.5 Å². The highest BCUT2D eigenvalue weighted by Gasteiger charge is 2.22. The molecule has 0 aliphatic heterocycles. The summed E-state index contributed by atoms with van der Waals surface area (Å²) in [7, 11) is 0. The van der Waals surface area contributed by atoms with Crippen LogP contribution in [0.25, 0.3) is 0 Å². The summed E-state index contributed by atoms with van der Waals surface area (Å²) < 4.78 is 5.25. The van der Waals surface area contributed by atoms with Crippen molar-refractivity contribution in [1.29, 1.82) is 0 Å². The van der Waals surface area contributed by atoms with Gasteiger partial charge in [-0.05, 0) is 13.0 Å². The quantitative estimate of drug-likeness (QED) is 0.605. The number of ether oxygens (including phenoxy) is 1. The Morgan fingerprint density at radius 2 is 2.33 bits per heavy atom. The number of aromatic amines is 1. The monoisotopic (exact) mass is 291 g/mol. The van der Waals surface area contributed by atoms with Gasteiger partial charge in [-0.15, -0.1) is 0 Å². The molecule has 1 aromatic heterocycles. The predicted molar refractivity (Wildman–Crippen MR) is 71.8 cm³/mol. The number of carbonyl (C=O) groups excluding carboxylic acids is 1. The smallest absolute Gasteiger partial charge is 0.311 e. The summed E-state index contributed by atoms with van der Waals surface area (Å²) in [4.78, 5) is 26.4. The zero-order chi connectivity index (χ0) is 15.2. The van der Waals surface area contributed by atoms with Crippen LogP contribution in [0, 0.1) is 10.1 Å². The molecule has 2 rings (SSSR count). The summed E-state index contributed by atoms with van der Waals surface area (Å²) in [5.74, 6) is -0.0506. The number of hydrogen-bond acceptors (Lipinski definition) is 6. The molecule has 0 saturated carbocycles. The summed E-state index contributed by atoms with van der Waals surface area (Å²) in [6.45, 7) is 2.03. The van der Waals surface area contributed by atoms with Crippen molar-refractivity contribution in [3.8, 4) is 5.75 Å². The standard InChI is InChI=1S/C12H13N5O4/c1-2-21-11-8(4-3-5-9(11)17(19)20)12(18)13-6-10-14-7-15-16-10/h3-5,7H,2,6H2,1H3,(H,13,18)(H,14,15,16). The van der Waals surface area contributed by atoms with Crippen LogP contribution in [0.4, 0.5) is 5.69 Å². The van der Waals surface area contributed by atoms with Gasteiger partial charge in [0.05, 0.1) is 23.6 Å². The molecule has 0 bridgehead atoms. The lowest BCUT2D eigenvalue weighted by atomic mass is 10.1. The molecule has 0 spiro atoms. The first-order chi connectivity index (χ1) is 10.1. The molecular weight excluding hydrogens is 278 g/mol. The zero-order valence-corrected chi connectivity index (χ0v) is 11.2. The minimum atomic E-state index is -0.585. The van der Waals surface area contributed by atoms with Crippen LogP contribution >= 0.6 is 0 Å². The van der Waals surface area contributed by atoms with Crippen molar-refractivity contribution in [2.75, 3.05) is 6.61 Å². The minimum Gasteiger partial charge on any atom is -0.487 e. The highest BCUT2D eigenvalue weighted by Crippen LogP contribution is 2.30. The van der Waals surface area contributed by atoms with E-state index >= 15 is 0 Å². The number of para-hydroxylation sites is 1. The number of carbonyl (C=O) groups is 1. The van der Waals surface area contributed by atoms with Gasteiger partial charge < -0.3 is 10.1 Å². The third kappa shape index (κ3) is 3.32. The summed E-state index contributed by atoms with van der Waals surface area (Å²) in [6, 6.07) is 4.19. The van der Waals surface area contributed by atoms with E-state index in [1.165, 1.54) is 24.5 Å². The van der Waals surface area contributed by atoms with Gasteiger partial charge in [0, 0.05) is 6.07 Å². The van der Waals surface area contributed by atoms with Gasteiger partial charge in [0.1, 0.15) is 12.2 Å². The number of H-pyrrole nitrogens is 1. The van der Waals surface area contributed by atoms with E-state index in [-0.39, 0.29) is 30.2 Å². The van der Waals surface area contributed by atoms with Crippen molar-refractivity contribution in [3.05, 3.63) is 46.0 Å². The van der Waals surface area contributed by atoms with Crippen LogP contribution in [0.3, 0.4) is 0 Å². The molecule has 1 amide bonds. The van der Waals surface area contributed by atoms with Gasteiger partial charge in [-0.3, -0.25) is 20.0 Å². The van der Waals surface area contributed by atoms with Crippen molar-refractivity contribution >= 4 is 11.6 Å². The van der Waals surface area contributed by atoms with Crippen LogP contribution in [0.15, 0.2) is 24.5 Å². The van der Waals surface area contributed by atoms with Gasteiger partial charge >= 0.3 is 5.69 Å². The average molecular weight is 291 g/mol. The second kappa shape index (κ2) is 6.46.